The van der Waals surface area contributed by atoms with Crippen LogP contribution < -0.4 is 20.1 Å². The Bertz CT molecular complexity index is 1550. The number of nitrogens with one attached hydrogen (secondary N) is 2. The number of anilines is 2. The highest BCUT2D eigenvalue weighted by atomic mass is 79.9. The average Bonchev–Trinajstić information content (AvgIpc) is 3.37. The Hall–Kier alpha value is -3.82. The largest absolute Gasteiger partial charge is 0.493 e. The Labute approximate surface area is 233 Å². The van der Waals surface area contributed by atoms with Gasteiger partial charge in [0.2, 0.25) is 5.95 Å². The Morgan fingerprint density at radius 2 is 1.92 bits per heavy atom. The first-order valence-electron chi connectivity index (χ1n) is 11.8. The first-order chi connectivity index (χ1) is 18.4. The summed E-state index contributed by atoms with van der Waals surface area (Å²) in [6, 6.07) is 18.3. The maximum atomic E-state index is 13.7. The molecule has 0 spiro atoms. The molecule has 194 valence electrons. The summed E-state index contributed by atoms with van der Waals surface area (Å²) in [5.74, 6) is 1.31. The van der Waals surface area contributed by atoms with E-state index in [4.69, 9.17) is 21.1 Å². The van der Waals surface area contributed by atoms with Gasteiger partial charge in [-0.15, -0.1) is 0 Å². The third-order valence-corrected chi connectivity index (χ3v) is 7.29. The van der Waals surface area contributed by atoms with Crippen molar-refractivity contribution in [3.05, 3.63) is 104 Å². The van der Waals surface area contributed by atoms with Crippen LogP contribution in [0.2, 0.25) is 5.02 Å². The van der Waals surface area contributed by atoms with Crippen LogP contribution in [0.4, 0.5) is 11.6 Å². The summed E-state index contributed by atoms with van der Waals surface area (Å²) in [6.45, 7) is 4.06. The molecule has 8 nitrogen and oxygen atoms in total. The maximum Gasteiger partial charge on any atom is 0.255 e. The van der Waals surface area contributed by atoms with Crippen LogP contribution in [-0.2, 0) is 11.4 Å². The van der Waals surface area contributed by atoms with Crippen LogP contribution in [0.3, 0.4) is 0 Å². The van der Waals surface area contributed by atoms with Crippen molar-refractivity contribution < 1.29 is 14.3 Å². The molecule has 4 aromatic rings. The van der Waals surface area contributed by atoms with Gasteiger partial charge in [-0.25, -0.2) is 4.68 Å². The van der Waals surface area contributed by atoms with Gasteiger partial charge in [-0.2, -0.15) is 10.1 Å². The number of carbonyl (C=O) groups excluding carboxylic acids is 1. The molecule has 1 unspecified atom stereocenters. The van der Waals surface area contributed by atoms with E-state index in [9.17, 15) is 4.79 Å². The zero-order valence-electron chi connectivity index (χ0n) is 21.0. The van der Waals surface area contributed by atoms with Crippen molar-refractivity contribution in [3.8, 4) is 11.5 Å². The number of ether oxygens (including phenoxy) is 2. The number of carbonyl (C=O) groups is 1. The number of benzene rings is 3. The van der Waals surface area contributed by atoms with Crippen molar-refractivity contribution in [3.63, 3.8) is 0 Å². The smallest absolute Gasteiger partial charge is 0.255 e. The molecule has 1 aliphatic rings. The van der Waals surface area contributed by atoms with Gasteiger partial charge >= 0.3 is 0 Å². The van der Waals surface area contributed by atoms with Crippen LogP contribution in [0.1, 0.15) is 29.7 Å². The molecule has 10 heteroatoms. The van der Waals surface area contributed by atoms with Crippen LogP contribution in [0.15, 0.2) is 82.7 Å². The fourth-order valence-electron chi connectivity index (χ4n) is 4.40. The van der Waals surface area contributed by atoms with Crippen molar-refractivity contribution in [2.24, 2.45) is 0 Å². The quantitative estimate of drug-likeness (QED) is 0.253. The number of amides is 1. The zero-order valence-corrected chi connectivity index (χ0v) is 23.3. The normalized spacial score (nSPS) is 14.5. The molecule has 1 aliphatic heterocycles. The molecule has 0 saturated carbocycles. The van der Waals surface area contributed by atoms with E-state index < -0.39 is 6.04 Å². The molecule has 0 saturated heterocycles. The number of nitrogens with zero attached hydrogens (tertiary/aromatic N) is 3. The molecule has 0 bridgehead atoms. The van der Waals surface area contributed by atoms with Gasteiger partial charge < -0.3 is 20.1 Å². The molecule has 2 N–H and O–H groups in total. The first-order valence-corrected chi connectivity index (χ1v) is 13.0. The Morgan fingerprint density at radius 3 is 2.68 bits per heavy atom. The third-order valence-electron chi connectivity index (χ3n) is 6.33. The molecular formula is C28H25BrClN5O3. The second kappa shape index (κ2) is 10.9. The lowest BCUT2D eigenvalue weighted by atomic mass is 9.94. The average molecular weight is 595 g/mol. The first kappa shape index (κ1) is 25.8. The topological polar surface area (TPSA) is 90.3 Å². The van der Waals surface area contributed by atoms with Crippen LogP contribution in [0, 0.1) is 6.92 Å². The number of fused-ring (bicyclic) bond motifs is 1. The summed E-state index contributed by atoms with van der Waals surface area (Å²) in [5, 5.41) is 11.3. The molecule has 3 aromatic carbocycles. The standard InChI is InChI=1S/C28H25BrClN5O3/c1-16-8-4-7-11-22(16)34-27(36)24-17(2)33-28-31-15-32-35(28)25(24)19-12-20(29)26(23(13-19)37-3)38-14-18-9-5-6-10-21(18)30/h4-13,15,25H,14H2,1-3H3,(H,34,36)(H,31,32,33). The Balaban J connectivity index is 1.53. The minimum atomic E-state index is -0.569. The van der Waals surface area contributed by atoms with E-state index in [1.54, 1.807) is 11.8 Å². The van der Waals surface area contributed by atoms with Gasteiger partial charge in [0.1, 0.15) is 19.0 Å². The Morgan fingerprint density at radius 1 is 1.16 bits per heavy atom. The number of allylic oxidation sites excluding steroid dienone is 1. The summed E-state index contributed by atoms with van der Waals surface area (Å²) < 4.78 is 14.2. The SMILES string of the molecule is COc1cc(C2C(C(=O)Nc3ccccc3C)=C(C)Nc3ncnn32)cc(Br)c1OCc1ccccc1Cl. The fraction of sp³-hybridized carbons (Fsp3) is 0.179. The van der Waals surface area contributed by atoms with Crippen LogP contribution >= 0.6 is 27.5 Å². The van der Waals surface area contributed by atoms with Gasteiger partial charge in [-0.3, -0.25) is 4.79 Å². The lowest BCUT2D eigenvalue weighted by molar-refractivity contribution is -0.113. The second-order valence-electron chi connectivity index (χ2n) is 8.78. The van der Waals surface area contributed by atoms with Crippen LogP contribution in [0.25, 0.3) is 0 Å². The highest BCUT2D eigenvalue weighted by molar-refractivity contribution is 9.10. The predicted molar refractivity (Wildman–Crippen MR) is 151 cm³/mol. The maximum absolute atomic E-state index is 13.7. The lowest BCUT2D eigenvalue weighted by Gasteiger charge is -2.29. The van der Waals surface area contributed by atoms with Gasteiger partial charge in [-0.05, 0) is 65.2 Å². The number of aryl methyl sites for hydroxylation is 1. The van der Waals surface area contributed by atoms with Gasteiger partial charge in [0, 0.05) is 22.0 Å². The summed E-state index contributed by atoms with van der Waals surface area (Å²) in [4.78, 5) is 18.0. The highest BCUT2D eigenvalue weighted by Gasteiger charge is 2.34. The zero-order chi connectivity index (χ0) is 26.8. The number of aromatic nitrogens is 3. The van der Waals surface area contributed by atoms with E-state index in [0.717, 1.165) is 22.4 Å². The third kappa shape index (κ3) is 4.99. The number of hydrogen-bond acceptors (Lipinski definition) is 6. The molecule has 0 fully saturated rings. The van der Waals surface area contributed by atoms with Crippen molar-refractivity contribution >= 4 is 45.1 Å². The summed E-state index contributed by atoms with van der Waals surface area (Å²) in [5.41, 5.74) is 4.50. The molecular weight excluding hydrogens is 570 g/mol. The van der Waals surface area contributed by atoms with Crippen LogP contribution in [-0.4, -0.2) is 27.8 Å². The number of methoxy groups -OCH3 is 1. The van der Waals surface area contributed by atoms with E-state index in [-0.39, 0.29) is 12.5 Å². The van der Waals surface area contributed by atoms with Crippen LogP contribution in [0.5, 0.6) is 11.5 Å². The summed E-state index contributed by atoms with van der Waals surface area (Å²) in [7, 11) is 1.57. The van der Waals surface area contributed by atoms with Gasteiger partial charge in [0.25, 0.3) is 5.91 Å². The molecule has 0 radical (unpaired) electrons. The van der Waals surface area contributed by atoms with Crippen molar-refractivity contribution in [1.82, 2.24) is 14.8 Å². The lowest BCUT2D eigenvalue weighted by Crippen LogP contribution is -2.31. The summed E-state index contributed by atoms with van der Waals surface area (Å²) in [6.07, 6.45) is 1.46. The predicted octanol–water partition coefficient (Wildman–Crippen LogP) is 6.52. The van der Waals surface area contributed by atoms with Gasteiger partial charge in [0.05, 0.1) is 17.2 Å². The minimum absolute atomic E-state index is 0.246. The number of hydrogen-bond donors (Lipinski definition) is 2. The number of halogens is 2. The number of para-hydroxylation sites is 1. The van der Waals surface area contributed by atoms with E-state index in [0.29, 0.717) is 38.2 Å². The molecule has 1 atom stereocenters. The van der Waals surface area contributed by atoms with Gasteiger partial charge in [-0.1, -0.05) is 48.0 Å². The van der Waals surface area contributed by atoms with E-state index >= 15 is 0 Å². The molecule has 1 aromatic heterocycles. The fourth-order valence-corrected chi connectivity index (χ4v) is 5.16. The molecule has 38 heavy (non-hydrogen) atoms. The van der Waals surface area contributed by atoms with Crippen molar-refractivity contribution in [2.75, 3.05) is 17.7 Å². The highest BCUT2D eigenvalue weighted by Crippen LogP contribution is 2.43. The number of rotatable bonds is 7. The second-order valence-corrected chi connectivity index (χ2v) is 10.0. The summed E-state index contributed by atoms with van der Waals surface area (Å²) >= 11 is 9.96. The minimum Gasteiger partial charge on any atom is -0.493 e. The van der Waals surface area contributed by atoms with Crippen molar-refractivity contribution in [1.29, 1.82) is 0 Å². The molecule has 5 rings (SSSR count). The monoisotopic (exact) mass is 593 g/mol. The Kier molecular flexibility index (Phi) is 7.40. The van der Waals surface area contributed by atoms with Crippen molar-refractivity contribution in [2.45, 2.75) is 26.5 Å². The van der Waals surface area contributed by atoms with E-state index in [2.05, 4.69) is 36.6 Å². The molecule has 0 aliphatic carbocycles. The van der Waals surface area contributed by atoms with E-state index in [1.807, 2.05) is 74.5 Å². The molecule has 1 amide bonds. The molecule has 2 heterocycles. The van der Waals surface area contributed by atoms with Gasteiger partial charge in [0.15, 0.2) is 11.5 Å². The van der Waals surface area contributed by atoms with E-state index in [1.165, 1.54) is 6.33 Å².